The third kappa shape index (κ3) is 7.94. The molecule has 1 aliphatic rings. The maximum absolute atomic E-state index is 10.9. The zero-order valence-electron chi connectivity index (χ0n) is 21.2. The second-order valence-corrected chi connectivity index (χ2v) is 10.9. The molecule has 0 aliphatic carbocycles. The van der Waals surface area contributed by atoms with E-state index in [-0.39, 0.29) is 10.9 Å². The molecule has 206 valence electrons. The number of hydrogen-bond donors (Lipinski definition) is 4. The van der Waals surface area contributed by atoms with E-state index in [0.717, 1.165) is 13.0 Å². The van der Waals surface area contributed by atoms with E-state index < -0.39 is 30.8 Å². The summed E-state index contributed by atoms with van der Waals surface area (Å²) in [5.41, 5.74) is 15.2. The molecule has 3 heterocycles. The number of aromatic nitrogens is 4. The van der Waals surface area contributed by atoms with Gasteiger partial charge in [0.2, 0.25) is 0 Å². The number of azide groups is 1. The predicted octanol–water partition coefficient (Wildman–Crippen LogP) is 0.828. The van der Waals surface area contributed by atoms with Crippen molar-refractivity contribution in [1.82, 2.24) is 19.5 Å². The van der Waals surface area contributed by atoms with Crippen LogP contribution in [0.15, 0.2) is 17.8 Å². The van der Waals surface area contributed by atoms with Gasteiger partial charge in [0.1, 0.15) is 36.1 Å². The van der Waals surface area contributed by atoms with Gasteiger partial charge in [0.05, 0.1) is 6.33 Å². The van der Waals surface area contributed by atoms with E-state index >= 15 is 0 Å². The summed E-state index contributed by atoms with van der Waals surface area (Å²) in [7, 11) is -0.367. The Labute approximate surface area is 223 Å². The molecule has 5 N–H and O–H groups in total. The molecule has 0 aromatic carbocycles. The third-order valence-corrected chi connectivity index (χ3v) is 8.02. The minimum absolute atomic E-state index is 0.319. The van der Waals surface area contributed by atoms with E-state index in [1.165, 1.54) is 12.7 Å². The molecule has 38 heavy (non-hydrogen) atoms. The predicted molar refractivity (Wildman–Crippen MR) is 143 cm³/mol. The normalized spacial score (nSPS) is 22.2. The van der Waals surface area contributed by atoms with E-state index in [1.807, 2.05) is 6.92 Å². The third-order valence-electron chi connectivity index (χ3n) is 5.86. The van der Waals surface area contributed by atoms with Gasteiger partial charge in [0, 0.05) is 41.7 Å². The number of carbonyl (C=O) groups excluding carboxylic acids is 1. The summed E-state index contributed by atoms with van der Waals surface area (Å²) in [6.07, 6.45) is 0.928. The molecule has 14 nitrogen and oxygen atoms in total. The largest absolute Gasteiger partial charge is 0.449 e. The van der Waals surface area contributed by atoms with Gasteiger partial charge in [-0.2, -0.15) is 0 Å². The van der Waals surface area contributed by atoms with Gasteiger partial charge in [0.25, 0.3) is 6.47 Å². The highest BCUT2D eigenvalue weighted by molar-refractivity contribution is 7.97. The first-order valence-electron chi connectivity index (χ1n) is 12.4. The number of aliphatic hydroxyl groups is 2. The van der Waals surface area contributed by atoms with E-state index in [2.05, 4.69) is 42.1 Å². The molecule has 0 bridgehead atoms. The number of rotatable bonds is 15. The average molecular weight is 549 g/mol. The number of nitrogens with two attached hydrogens (primary N) is 1. The number of imidazole rings is 1. The van der Waals surface area contributed by atoms with Crippen LogP contribution < -0.4 is 11.1 Å². The molecular formula is C23H34N9O5S+. The number of aliphatic hydroxyl groups excluding tert-OH is 2. The van der Waals surface area contributed by atoms with Gasteiger partial charge in [-0.3, -0.25) is 15.1 Å². The van der Waals surface area contributed by atoms with Crippen LogP contribution in [-0.2, 0) is 25.2 Å². The average Bonchev–Trinajstić information content (AvgIpc) is 3.46. The Balaban J connectivity index is 1.70. The minimum Gasteiger partial charge on any atom is -0.449 e. The van der Waals surface area contributed by atoms with Crippen molar-refractivity contribution >= 4 is 34.3 Å². The van der Waals surface area contributed by atoms with Crippen LogP contribution in [0.2, 0.25) is 0 Å². The molecule has 0 saturated carbocycles. The van der Waals surface area contributed by atoms with Crippen molar-refractivity contribution in [2.45, 2.75) is 63.4 Å². The molecule has 15 heteroatoms. The molecule has 0 amide bonds. The lowest BCUT2D eigenvalue weighted by molar-refractivity contribution is -0.133. The highest BCUT2D eigenvalue weighted by Crippen LogP contribution is 2.33. The van der Waals surface area contributed by atoms with E-state index in [0.29, 0.717) is 66.5 Å². The second-order valence-electron chi connectivity index (χ2n) is 8.62. The fourth-order valence-corrected chi connectivity index (χ4v) is 5.94. The Morgan fingerprint density at radius 1 is 1.39 bits per heavy atom. The first-order valence-corrected chi connectivity index (χ1v) is 14.1. The van der Waals surface area contributed by atoms with Gasteiger partial charge in [-0.05, 0) is 24.3 Å². The van der Waals surface area contributed by atoms with Crippen molar-refractivity contribution < 1.29 is 24.5 Å². The van der Waals surface area contributed by atoms with Crippen molar-refractivity contribution in [3.05, 3.63) is 23.1 Å². The summed E-state index contributed by atoms with van der Waals surface area (Å²) in [6, 6.07) is 0. The van der Waals surface area contributed by atoms with Crippen LogP contribution >= 0.6 is 0 Å². The number of hydrogen-bond acceptors (Lipinski definition) is 11. The topological polar surface area (TPSA) is 206 Å². The number of anilines is 1. The lowest BCUT2D eigenvalue weighted by atomic mass is 10.1. The second kappa shape index (κ2) is 15.3. The maximum atomic E-state index is 10.9. The van der Waals surface area contributed by atoms with Crippen LogP contribution in [0.25, 0.3) is 21.6 Å². The van der Waals surface area contributed by atoms with Crippen LogP contribution in [0.3, 0.4) is 0 Å². The molecule has 3 rings (SSSR count). The zero-order chi connectivity index (χ0) is 27.3. The molecule has 2 aromatic rings. The van der Waals surface area contributed by atoms with E-state index in [1.54, 1.807) is 4.57 Å². The van der Waals surface area contributed by atoms with Gasteiger partial charge >= 0.3 is 0 Å². The van der Waals surface area contributed by atoms with Crippen molar-refractivity contribution in [3.63, 3.8) is 0 Å². The Hall–Kier alpha value is -3.12. The Morgan fingerprint density at radius 3 is 3.00 bits per heavy atom. The number of nitrogens with one attached hydrogen (secondary N) is 1. The first-order chi connectivity index (χ1) is 18.5. The van der Waals surface area contributed by atoms with Crippen molar-refractivity contribution in [1.29, 1.82) is 0 Å². The molecular weight excluding hydrogens is 514 g/mol. The zero-order valence-corrected chi connectivity index (χ0v) is 22.0. The fraction of sp³-hybridized carbons (Fsp3) is 0.652. The van der Waals surface area contributed by atoms with Crippen LogP contribution in [0.5, 0.6) is 0 Å². The van der Waals surface area contributed by atoms with Gasteiger partial charge in [-0.25, -0.2) is 15.0 Å². The Morgan fingerprint density at radius 2 is 2.24 bits per heavy atom. The summed E-state index contributed by atoms with van der Waals surface area (Å²) in [4.78, 5) is 26.3. The number of carbonyl (C=O) groups is 1. The standard InChI is InChI=1S/C23H34N9O5S/c1-2-8-26-21-18-22(28-13-27-21)32(14-29-18)23-20(35)19(34)16(37-23)12-38(11-7-17(24)36-15-33)10-6-4-3-5-9-30-31-25/h13-17,19-20,23,34-35H,2-3,5,7-12,24H2,1H3,(H,26,27,28)/q+1/t16-,17?,19?,20+,23-,38?/m1/s1. The Kier molecular flexibility index (Phi) is 11.9. The molecule has 3 unspecified atom stereocenters. The Bertz CT molecular complexity index is 1150. The van der Waals surface area contributed by atoms with Gasteiger partial charge in [-0.15, -0.1) is 0 Å². The van der Waals surface area contributed by atoms with Crippen LogP contribution in [0, 0.1) is 11.8 Å². The van der Waals surface area contributed by atoms with E-state index in [4.69, 9.17) is 20.7 Å². The lowest BCUT2D eigenvalue weighted by Crippen LogP contribution is -2.37. The molecule has 6 atom stereocenters. The molecule has 0 spiro atoms. The van der Waals surface area contributed by atoms with Crippen molar-refractivity contribution in [2.24, 2.45) is 10.8 Å². The lowest BCUT2D eigenvalue weighted by Gasteiger charge is -2.17. The highest BCUT2D eigenvalue weighted by atomic mass is 32.2. The van der Waals surface area contributed by atoms with E-state index in [9.17, 15) is 15.0 Å². The summed E-state index contributed by atoms with van der Waals surface area (Å²) in [5.74, 6) is 8.36. The number of ether oxygens (including phenoxy) is 2. The van der Waals surface area contributed by atoms with Crippen LogP contribution in [-0.4, -0.2) is 91.1 Å². The smallest absolute Gasteiger partial charge is 0.294 e. The molecule has 1 fully saturated rings. The molecule has 0 radical (unpaired) electrons. The summed E-state index contributed by atoms with van der Waals surface area (Å²) < 4.78 is 12.6. The summed E-state index contributed by atoms with van der Waals surface area (Å²) in [6.45, 7) is 3.48. The SMILES string of the molecule is CCCNc1ncnc2c1ncn2[C@@H]1O[C@H](C[S+](CC#CCCCN=[N+]=[N-])CCC(N)OC=O)C(O)[C@@H]1O. The minimum atomic E-state index is -1.20. The highest BCUT2D eigenvalue weighted by Gasteiger charge is 2.47. The van der Waals surface area contributed by atoms with Gasteiger partial charge in [-0.1, -0.05) is 18.0 Å². The first kappa shape index (κ1) is 29.4. The molecule has 1 saturated heterocycles. The summed E-state index contributed by atoms with van der Waals surface area (Å²) >= 11 is 0. The maximum Gasteiger partial charge on any atom is 0.294 e. The van der Waals surface area contributed by atoms with Crippen LogP contribution in [0.4, 0.5) is 5.82 Å². The quantitative estimate of drug-likeness (QED) is 0.0360. The number of fused-ring (bicyclic) bond motifs is 1. The summed E-state index contributed by atoms with van der Waals surface area (Å²) in [5, 5.41) is 28.4. The van der Waals surface area contributed by atoms with Gasteiger partial charge in [0.15, 0.2) is 35.2 Å². The van der Waals surface area contributed by atoms with Crippen LogP contribution in [0.1, 0.15) is 38.8 Å². The van der Waals surface area contributed by atoms with Crippen molar-refractivity contribution in [3.8, 4) is 11.8 Å². The molecule has 1 aliphatic heterocycles. The van der Waals surface area contributed by atoms with Gasteiger partial charge < -0.3 is 25.0 Å². The van der Waals surface area contributed by atoms with Crippen molar-refractivity contribution in [2.75, 3.05) is 35.7 Å². The number of nitrogens with zero attached hydrogens (tertiary/aromatic N) is 7. The monoisotopic (exact) mass is 548 g/mol. The fourth-order valence-electron chi connectivity index (χ4n) is 3.90. The number of unbranched alkanes of at least 4 members (excludes halogenated alkanes) is 1. The molecule has 2 aromatic heterocycles.